The highest BCUT2D eigenvalue weighted by Gasteiger charge is 2.35. The number of likely N-dealkylation sites (tertiary alicyclic amines) is 1. The molecule has 3 nitrogen and oxygen atoms in total. The van der Waals surface area contributed by atoms with E-state index < -0.39 is 0 Å². The van der Waals surface area contributed by atoms with Crippen LogP contribution in [0.4, 0.5) is 0 Å². The molecule has 0 radical (unpaired) electrons. The zero-order valence-corrected chi connectivity index (χ0v) is 12.4. The number of hydrogen-bond donors (Lipinski definition) is 1. The maximum Gasteiger partial charge on any atom is 0.0692 e. The van der Waals surface area contributed by atoms with Crippen molar-refractivity contribution >= 4 is 0 Å². The van der Waals surface area contributed by atoms with Gasteiger partial charge in [-0.1, -0.05) is 13.8 Å². The summed E-state index contributed by atoms with van der Waals surface area (Å²) in [5, 5.41) is 3.90. The van der Waals surface area contributed by atoms with Crippen LogP contribution in [0.2, 0.25) is 0 Å². The van der Waals surface area contributed by atoms with Crippen LogP contribution in [0.1, 0.15) is 52.4 Å². The van der Waals surface area contributed by atoms with E-state index in [1.54, 1.807) is 0 Å². The fourth-order valence-electron chi connectivity index (χ4n) is 3.42. The van der Waals surface area contributed by atoms with Crippen LogP contribution in [0.25, 0.3) is 0 Å². The van der Waals surface area contributed by atoms with Gasteiger partial charge in [0.2, 0.25) is 0 Å². The Labute approximate surface area is 112 Å². The van der Waals surface area contributed by atoms with Crippen molar-refractivity contribution in [2.75, 3.05) is 26.7 Å². The van der Waals surface area contributed by atoms with E-state index in [0.29, 0.717) is 6.04 Å². The molecule has 0 aliphatic carbocycles. The smallest absolute Gasteiger partial charge is 0.0692 e. The summed E-state index contributed by atoms with van der Waals surface area (Å²) in [4.78, 5) is 2.44. The van der Waals surface area contributed by atoms with E-state index in [-0.39, 0.29) is 5.60 Å². The van der Waals surface area contributed by atoms with Gasteiger partial charge in [0.25, 0.3) is 0 Å². The Morgan fingerprint density at radius 2 is 1.78 bits per heavy atom. The number of ether oxygens (including phenoxy) is 1. The fraction of sp³-hybridized carbons (Fsp3) is 1.00. The molecule has 0 spiro atoms. The van der Waals surface area contributed by atoms with Crippen LogP contribution >= 0.6 is 0 Å². The largest absolute Gasteiger partial charge is 0.375 e. The first kappa shape index (κ1) is 14.3. The summed E-state index contributed by atoms with van der Waals surface area (Å²) < 4.78 is 6.05. The molecule has 2 saturated heterocycles. The SMILES string of the molecule is CCC1(CC)CC(NC2CCN(C)CC2)CCO1. The molecule has 0 aromatic rings. The lowest BCUT2D eigenvalue weighted by Crippen LogP contribution is -2.51. The van der Waals surface area contributed by atoms with Crippen LogP contribution in [0.3, 0.4) is 0 Å². The molecule has 0 aromatic carbocycles. The van der Waals surface area contributed by atoms with Crippen LogP contribution in [0.15, 0.2) is 0 Å². The van der Waals surface area contributed by atoms with Gasteiger partial charge in [0.05, 0.1) is 5.60 Å². The second kappa shape index (κ2) is 6.36. The molecule has 0 aromatic heterocycles. The molecular formula is C15H30N2O. The summed E-state index contributed by atoms with van der Waals surface area (Å²) in [5.41, 5.74) is 0.154. The lowest BCUT2D eigenvalue weighted by atomic mass is 9.85. The lowest BCUT2D eigenvalue weighted by Gasteiger charge is -2.42. The first-order valence-corrected chi connectivity index (χ1v) is 7.76. The zero-order valence-electron chi connectivity index (χ0n) is 12.4. The van der Waals surface area contributed by atoms with Crippen molar-refractivity contribution in [3.63, 3.8) is 0 Å². The molecule has 2 heterocycles. The maximum absolute atomic E-state index is 6.05. The quantitative estimate of drug-likeness (QED) is 0.834. The van der Waals surface area contributed by atoms with Crippen molar-refractivity contribution in [2.24, 2.45) is 0 Å². The predicted molar refractivity (Wildman–Crippen MR) is 75.9 cm³/mol. The summed E-state index contributed by atoms with van der Waals surface area (Å²) >= 11 is 0. The molecule has 2 aliphatic rings. The molecule has 0 amide bonds. The van der Waals surface area contributed by atoms with E-state index >= 15 is 0 Å². The predicted octanol–water partition coefficient (Wildman–Crippen LogP) is 2.41. The second-order valence-corrected chi connectivity index (χ2v) is 6.17. The average molecular weight is 254 g/mol. The van der Waals surface area contributed by atoms with Crippen molar-refractivity contribution in [2.45, 2.75) is 70.1 Å². The number of piperidine rings is 1. The van der Waals surface area contributed by atoms with E-state index in [9.17, 15) is 0 Å². The van der Waals surface area contributed by atoms with E-state index in [1.807, 2.05) is 0 Å². The summed E-state index contributed by atoms with van der Waals surface area (Å²) in [5.74, 6) is 0. The van der Waals surface area contributed by atoms with Crippen LogP contribution < -0.4 is 5.32 Å². The highest BCUT2D eigenvalue weighted by molar-refractivity contribution is 4.90. The van der Waals surface area contributed by atoms with Crippen molar-refractivity contribution in [1.82, 2.24) is 10.2 Å². The molecule has 0 bridgehead atoms. The lowest BCUT2D eigenvalue weighted by molar-refractivity contribution is -0.0945. The molecule has 0 saturated carbocycles. The molecule has 106 valence electrons. The number of nitrogens with zero attached hydrogens (tertiary/aromatic N) is 1. The summed E-state index contributed by atoms with van der Waals surface area (Å²) in [6, 6.07) is 1.41. The standard InChI is InChI=1S/C15H30N2O/c1-4-15(5-2)12-14(8-11-18-15)16-13-6-9-17(3)10-7-13/h13-14,16H,4-12H2,1-3H3. The Bertz CT molecular complexity index is 245. The van der Waals surface area contributed by atoms with Gasteiger partial charge < -0.3 is 15.0 Å². The molecule has 18 heavy (non-hydrogen) atoms. The molecule has 2 aliphatic heterocycles. The number of hydrogen-bond acceptors (Lipinski definition) is 3. The Balaban J connectivity index is 1.82. The minimum Gasteiger partial charge on any atom is -0.375 e. The third-order valence-electron chi connectivity index (χ3n) is 4.97. The summed E-state index contributed by atoms with van der Waals surface area (Å²) in [6.45, 7) is 7.95. The van der Waals surface area contributed by atoms with Crippen molar-refractivity contribution in [3.8, 4) is 0 Å². The average Bonchev–Trinajstić information content (AvgIpc) is 2.41. The van der Waals surface area contributed by atoms with Crippen molar-refractivity contribution in [1.29, 1.82) is 0 Å². The minimum absolute atomic E-state index is 0.154. The fourth-order valence-corrected chi connectivity index (χ4v) is 3.42. The van der Waals surface area contributed by atoms with E-state index in [2.05, 4.69) is 31.1 Å². The van der Waals surface area contributed by atoms with Gasteiger partial charge in [-0.3, -0.25) is 0 Å². The van der Waals surface area contributed by atoms with E-state index in [0.717, 1.165) is 25.5 Å². The molecule has 1 atom stereocenters. The van der Waals surface area contributed by atoms with Gasteiger partial charge >= 0.3 is 0 Å². The van der Waals surface area contributed by atoms with Crippen molar-refractivity contribution < 1.29 is 4.74 Å². The maximum atomic E-state index is 6.05. The number of rotatable bonds is 4. The van der Waals surface area contributed by atoms with Gasteiger partial charge in [0, 0.05) is 18.7 Å². The molecule has 2 fully saturated rings. The second-order valence-electron chi connectivity index (χ2n) is 6.17. The Morgan fingerprint density at radius 1 is 1.11 bits per heavy atom. The van der Waals surface area contributed by atoms with Gasteiger partial charge in [-0.15, -0.1) is 0 Å². The van der Waals surface area contributed by atoms with Crippen molar-refractivity contribution in [3.05, 3.63) is 0 Å². The topological polar surface area (TPSA) is 24.5 Å². The molecule has 2 rings (SSSR count). The summed E-state index contributed by atoms with van der Waals surface area (Å²) in [7, 11) is 2.23. The van der Waals surface area contributed by atoms with Crippen LogP contribution in [-0.4, -0.2) is 49.3 Å². The Morgan fingerprint density at radius 3 is 2.39 bits per heavy atom. The van der Waals surface area contributed by atoms with E-state index in [1.165, 1.54) is 38.8 Å². The summed E-state index contributed by atoms with van der Waals surface area (Å²) in [6.07, 6.45) is 7.29. The van der Waals surface area contributed by atoms with Gasteiger partial charge in [-0.25, -0.2) is 0 Å². The molecule has 3 heteroatoms. The highest BCUT2D eigenvalue weighted by atomic mass is 16.5. The van der Waals surface area contributed by atoms with Gasteiger partial charge in [0.15, 0.2) is 0 Å². The van der Waals surface area contributed by atoms with Gasteiger partial charge in [0.1, 0.15) is 0 Å². The minimum atomic E-state index is 0.154. The first-order valence-electron chi connectivity index (χ1n) is 7.76. The first-order chi connectivity index (χ1) is 8.67. The zero-order chi connectivity index (χ0) is 13.0. The monoisotopic (exact) mass is 254 g/mol. The molecule has 1 N–H and O–H groups in total. The normalized spacial score (nSPS) is 30.5. The number of nitrogens with one attached hydrogen (secondary N) is 1. The highest BCUT2D eigenvalue weighted by Crippen LogP contribution is 2.31. The third kappa shape index (κ3) is 3.46. The van der Waals surface area contributed by atoms with Crippen LogP contribution in [0.5, 0.6) is 0 Å². The Kier molecular flexibility index (Phi) is 5.05. The Hall–Kier alpha value is -0.120. The molecule has 1 unspecified atom stereocenters. The third-order valence-corrected chi connectivity index (χ3v) is 4.97. The molecular weight excluding hydrogens is 224 g/mol. The van der Waals surface area contributed by atoms with Gasteiger partial charge in [-0.2, -0.15) is 0 Å². The van der Waals surface area contributed by atoms with Gasteiger partial charge in [-0.05, 0) is 58.7 Å². The van der Waals surface area contributed by atoms with Crippen LogP contribution in [-0.2, 0) is 4.74 Å². The van der Waals surface area contributed by atoms with Crippen LogP contribution in [0, 0.1) is 0 Å². The van der Waals surface area contributed by atoms with E-state index in [4.69, 9.17) is 4.74 Å².